The van der Waals surface area contributed by atoms with E-state index in [1.165, 1.54) is 94.2 Å². The largest absolute Gasteiger partial charge is 0.466 e. The van der Waals surface area contributed by atoms with Crippen molar-refractivity contribution in [1.29, 1.82) is 0 Å². The molecule has 0 bridgehead atoms. The Morgan fingerprint density at radius 2 is 0.951 bits per heavy atom. The zero-order valence-electron chi connectivity index (χ0n) is 50.2. The molecule has 2 aliphatic rings. The smallest absolute Gasteiger partial charge is 0.375 e. The summed E-state index contributed by atoms with van der Waals surface area (Å²) in [4.78, 5) is 5.16. The van der Waals surface area contributed by atoms with E-state index in [0.717, 1.165) is 45.1 Å². The average Bonchev–Trinajstić information content (AvgIpc) is 1.87. The van der Waals surface area contributed by atoms with Gasteiger partial charge < -0.3 is 18.7 Å². The average molecular weight is 1060 g/mol. The van der Waals surface area contributed by atoms with Crippen molar-refractivity contribution in [2.24, 2.45) is 0 Å². The fourth-order valence-electron chi connectivity index (χ4n) is 13.0. The number of nitrogens with zero attached hydrogens (tertiary/aromatic N) is 3. The highest BCUT2D eigenvalue weighted by atomic mass is 16.3. The van der Waals surface area contributed by atoms with E-state index in [-0.39, 0.29) is 33.9 Å². The second kappa shape index (κ2) is 18.2. The molecule has 4 nitrogen and oxygen atoms in total. The van der Waals surface area contributed by atoms with Gasteiger partial charge in [0.15, 0.2) is 0 Å². The van der Waals surface area contributed by atoms with Gasteiger partial charge in [0.25, 0.3) is 0 Å². The Balaban J connectivity index is 1.23. The number of furan rings is 1. The van der Waals surface area contributed by atoms with Gasteiger partial charge >= 0.3 is 6.85 Å². The SMILES string of the molecule is CC(C)(C)c1ccc(N2c3cc(C(C)(C)C)cc4c3B(c3oc5c(C(C)(C)C)cc(C(C)(C)C)cc5c32)n2c3ccc(C(C)(C)C)cc3c3c(N(c5ccccc5)c5ccccc5-c5ccccc5)ccc-4c32)c(-c2ccccc2)c1. The monoisotopic (exact) mass is 1060 g/mol. The van der Waals surface area contributed by atoms with Crippen molar-refractivity contribution in [3.05, 3.63) is 216 Å². The van der Waals surface area contributed by atoms with Crippen LogP contribution in [-0.2, 0) is 27.1 Å². The van der Waals surface area contributed by atoms with Crippen LogP contribution >= 0.6 is 0 Å². The van der Waals surface area contributed by atoms with E-state index in [4.69, 9.17) is 4.42 Å². The lowest BCUT2D eigenvalue weighted by atomic mass is 9.47. The van der Waals surface area contributed by atoms with E-state index in [2.05, 4.69) is 306 Å². The van der Waals surface area contributed by atoms with Gasteiger partial charge in [-0.25, -0.2) is 0 Å². The third-order valence-corrected chi connectivity index (χ3v) is 17.5. The summed E-state index contributed by atoms with van der Waals surface area (Å²) in [6, 6.07) is 71.2. The normalized spacial score (nSPS) is 13.6. The second-order valence-corrected chi connectivity index (χ2v) is 28.3. The van der Waals surface area contributed by atoms with E-state index in [9.17, 15) is 0 Å². The molecule has 0 radical (unpaired) electrons. The number of benzene rings is 9. The van der Waals surface area contributed by atoms with Crippen LogP contribution in [-0.4, -0.2) is 11.3 Å². The fourth-order valence-corrected chi connectivity index (χ4v) is 13.0. The molecule has 0 amide bonds. The number of rotatable bonds is 6. The highest BCUT2D eigenvalue weighted by Gasteiger charge is 2.48. The Kier molecular flexibility index (Phi) is 11.8. The van der Waals surface area contributed by atoms with Crippen molar-refractivity contribution < 1.29 is 4.42 Å². The van der Waals surface area contributed by atoms with Crippen molar-refractivity contribution in [2.45, 2.75) is 131 Å². The first-order valence-electron chi connectivity index (χ1n) is 29.3. The molecule has 13 rings (SSSR count). The molecule has 4 heterocycles. The van der Waals surface area contributed by atoms with E-state index >= 15 is 0 Å². The zero-order chi connectivity index (χ0) is 56.9. The zero-order valence-corrected chi connectivity index (χ0v) is 50.2. The van der Waals surface area contributed by atoms with Crippen LogP contribution in [0.25, 0.3) is 66.2 Å². The lowest BCUT2D eigenvalue weighted by molar-refractivity contribution is 0.557. The Morgan fingerprint density at radius 1 is 0.407 bits per heavy atom. The molecule has 81 heavy (non-hydrogen) atoms. The molecule has 0 atom stereocenters. The third-order valence-electron chi connectivity index (χ3n) is 17.5. The number of para-hydroxylation sites is 2. The first-order valence-corrected chi connectivity index (χ1v) is 29.3. The van der Waals surface area contributed by atoms with E-state index in [1.54, 1.807) is 0 Å². The van der Waals surface area contributed by atoms with Gasteiger partial charge in [0, 0.05) is 60.8 Å². The molecule has 9 aromatic carbocycles. The summed E-state index contributed by atoms with van der Waals surface area (Å²) < 4.78 is 10.7. The standard InChI is InChI=1S/C76H76BN3O/c1-72(2,3)49-35-38-62(56(41-49)48-29-21-17-22-30-48)79-65-46-52(75(10,11)12)43-57-55-37-40-64(78(53-31-23-18-24-32-53)61-34-26-25-33-54(61)47-27-19-16-20-28-47)66-58-42-50(73(4,5)6)36-39-63(58)80(68(55)66)77(67(57)65)71-69(79)59-44-51(74(7,8)9)45-60(70(59)81-71)76(13,14)15/h16-46H,1-15H3. The maximum atomic E-state index is 7.99. The van der Waals surface area contributed by atoms with E-state index in [1.807, 2.05) is 0 Å². The minimum absolute atomic E-state index is 0.0763. The first-order chi connectivity index (χ1) is 38.4. The van der Waals surface area contributed by atoms with Gasteiger partial charge in [0.1, 0.15) is 11.2 Å². The fraction of sp³-hybridized carbons (Fsp3) is 0.263. The summed E-state index contributed by atoms with van der Waals surface area (Å²) in [6.07, 6.45) is 0. The highest BCUT2D eigenvalue weighted by molar-refractivity contribution is 6.89. The van der Waals surface area contributed by atoms with Gasteiger partial charge in [-0.3, -0.25) is 0 Å². The summed E-state index contributed by atoms with van der Waals surface area (Å²) >= 11 is 0. The number of anilines is 6. The van der Waals surface area contributed by atoms with Crippen molar-refractivity contribution in [1.82, 2.24) is 4.48 Å². The van der Waals surface area contributed by atoms with Crippen LogP contribution in [0.3, 0.4) is 0 Å². The van der Waals surface area contributed by atoms with Crippen LogP contribution in [0.5, 0.6) is 0 Å². The Labute approximate surface area is 481 Å². The summed E-state index contributed by atoms with van der Waals surface area (Å²) in [5, 5.41) is 3.60. The maximum absolute atomic E-state index is 7.99. The molecule has 0 spiro atoms. The van der Waals surface area contributed by atoms with Gasteiger partial charge in [0.2, 0.25) is 0 Å². The molecule has 404 valence electrons. The molecule has 2 aliphatic heterocycles. The molecular formula is C76H76BN3O. The summed E-state index contributed by atoms with van der Waals surface area (Å²) in [5.74, 6) is 0. The molecule has 2 aromatic heterocycles. The van der Waals surface area contributed by atoms with Gasteiger partial charge in [-0.15, -0.1) is 0 Å². The number of aromatic nitrogens is 1. The summed E-state index contributed by atoms with van der Waals surface area (Å²) in [7, 11) is 0. The molecule has 0 aliphatic carbocycles. The first kappa shape index (κ1) is 52.4. The molecule has 11 aromatic rings. The lowest BCUT2D eigenvalue weighted by Gasteiger charge is -2.40. The van der Waals surface area contributed by atoms with Gasteiger partial charge in [-0.2, -0.15) is 0 Å². The lowest BCUT2D eigenvalue weighted by Crippen LogP contribution is -2.56. The predicted molar refractivity (Wildman–Crippen MR) is 349 cm³/mol. The van der Waals surface area contributed by atoms with Crippen molar-refractivity contribution >= 4 is 84.9 Å². The van der Waals surface area contributed by atoms with Gasteiger partial charge in [-0.1, -0.05) is 231 Å². The number of hydrogen-bond donors (Lipinski definition) is 0. The number of fused-ring (bicyclic) bond motifs is 9. The molecular weight excluding hydrogens is 982 g/mol. The molecule has 0 saturated carbocycles. The number of hydrogen-bond acceptors (Lipinski definition) is 3. The minimum atomic E-state index is -0.326. The minimum Gasteiger partial charge on any atom is -0.466 e. The molecule has 5 heteroatoms. The molecule has 0 fully saturated rings. The van der Waals surface area contributed by atoms with E-state index in [0.29, 0.717) is 0 Å². The highest BCUT2D eigenvalue weighted by Crippen LogP contribution is 2.55. The summed E-state index contributed by atoms with van der Waals surface area (Å²) in [5.41, 5.74) is 25.2. The van der Waals surface area contributed by atoms with Crippen LogP contribution in [0.4, 0.5) is 34.1 Å². The Morgan fingerprint density at radius 3 is 1.58 bits per heavy atom. The topological polar surface area (TPSA) is 24.6 Å². The predicted octanol–water partition coefficient (Wildman–Crippen LogP) is 20.2. The second-order valence-electron chi connectivity index (χ2n) is 28.3. The van der Waals surface area contributed by atoms with Crippen LogP contribution in [0.2, 0.25) is 0 Å². The third kappa shape index (κ3) is 8.47. The molecule has 0 saturated heterocycles. The van der Waals surface area contributed by atoms with Crippen LogP contribution < -0.4 is 20.9 Å². The van der Waals surface area contributed by atoms with Crippen molar-refractivity contribution in [3.63, 3.8) is 0 Å². The van der Waals surface area contributed by atoms with E-state index < -0.39 is 0 Å². The van der Waals surface area contributed by atoms with Crippen molar-refractivity contribution in [3.8, 4) is 33.4 Å². The van der Waals surface area contributed by atoms with Crippen LogP contribution in [0.1, 0.15) is 132 Å². The maximum Gasteiger partial charge on any atom is 0.375 e. The quantitative estimate of drug-likeness (QED) is 0.155. The van der Waals surface area contributed by atoms with Gasteiger partial charge in [0.05, 0.1) is 22.7 Å². The van der Waals surface area contributed by atoms with Gasteiger partial charge in [-0.05, 0) is 132 Å². The molecule has 0 N–H and O–H groups in total. The molecule has 0 unspecified atom stereocenters. The Hall–Kier alpha value is -8.02. The van der Waals surface area contributed by atoms with Crippen LogP contribution in [0.15, 0.2) is 192 Å². The van der Waals surface area contributed by atoms with Crippen molar-refractivity contribution in [2.75, 3.05) is 9.80 Å². The Bertz CT molecular complexity index is 4300. The van der Waals surface area contributed by atoms with Crippen LogP contribution in [0, 0.1) is 0 Å². The summed E-state index contributed by atoms with van der Waals surface area (Å²) in [6.45, 7) is 34.9.